The average Bonchev–Trinajstić information content (AvgIpc) is 2.93. The van der Waals surface area contributed by atoms with Crippen molar-refractivity contribution < 1.29 is 12.6 Å². The molecule has 0 spiro atoms. The van der Waals surface area contributed by atoms with Crippen LogP contribution in [-0.2, 0) is 21.3 Å². The molecule has 0 radical (unpaired) electrons. The average molecular weight is 347 g/mol. The SMILES string of the molecule is CCS(=O)(=O)OC.Cn1c(-c2cncc(N)c2)cc2ccccc21. The van der Waals surface area contributed by atoms with Gasteiger partial charge in [-0.15, -0.1) is 0 Å². The Labute approximate surface area is 142 Å². The van der Waals surface area contributed by atoms with E-state index in [4.69, 9.17) is 5.73 Å². The molecule has 0 atom stereocenters. The number of rotatable bonds is 3. The quantitative estimate of drug-likeness (QED) is 0.736. The van der Waals surface area contributed by atoms with Crippen molar-refractivity contribution in [2.45, 2.75) is 6.92 Å². The van der Waals surface area contributed by atoms with Crippen LogP contribution < -0.4 is 5.73 Å². The first kappa shape index (κ1) is 18.0. The molecule has 7 heteroatoms. The molecular weight excluding hydrogens is 326 g/mol. The van der Waals surface area contributed by atoms with Gasteiger partial charge in [0.15, 0.2) is 0 Å². The van der Waals surface area contributed by atoms with Gasteiger partial charge >= 0.3 is 0 Å². The van der Waals surface area contributed by atoms with E-state index in [1.165, 1.54) is 17.8 Å². The van der Waals surface area contributed by atoms with Gasteiger partial charge in [-0.05, 0) is 25.1 Å². The Kier molecular flexibility index (Phi) is 5.58. The number of nitrogen functional groups attached to an aromatic ring is 1. The molecular formula is C17H21N3O3S. The molecule has 0 aliphatic carbocycles. The van der Waals surface area contributed by atoms with Crippen molar-refractivity contribution >= 4 is 26.7 Å². The maximum absolute atomic E-state index is 10.1. The fraction of sp³-hybridized carbons (Fsp3) is 0.235. The van der Waals surface area contributed by atoms with Gasteiger partial charge in [-0.1, -0.05) is 18.2 Å². The van der Waals surface area contributed by atoms with E-state index >= 15 is 0 Å². The molecule has 2 heterocycles. The van der Waals surface area contributed by atoms with Crippen LogP contribution in [0.15, 0.2) is 48.8 Å². The molecule has 0 bridgehead atoms. The van der Waals surface area contributed by atoms with Gasteiger partial charge in [-0.2, -0.15) is 8.42 Å². The van der Waals surface area contributed by atoms with Crippen LogP contribution in [0, 0.1) is 0 Å². The van der Waals surface area contributed by atoms with Crippen LogP contribution in [-0.4, -0.2) is 30.8 Å². The van der Waals surface area contributed by atoms with E-state index in [0.717, 1.165) is 18.4 Å². The molecule has 0 saturated carbocycles. The van der Waals surface area contributed by atoms with Crippen molar-refractivity contribution in [3.63, 3.8) is 0 Å². The normalized spacial score (nSPS) is 11.1. The van der Waals surface area contributed by atoms with Crippen LogP contribution in [0.1, 0.15) is 6.92 Å². The number of benzene rings is 1. The van der Waals surface area contributed by atoms with Gasteiger partial charge in [-0.3, -0.25) is 9.17 Å². The summed E-state index contributed by atoms with van der Waals surface area (Å²) >= 11 is 0. The molecule has 24 heavy (non-hydrogen) atoms. The number of hydrogen-bond donors (Lipinski definition) is 1. The van der Waals surface area contributed by atoms with Crippen molar-refractivity contribution in [2.75, 3.05) is 18.6 Å². The van der Waals surface area contributed by atoms with E-state index in [2.05, 4.69) is 39.0 Å². The number of anilines is 1. The smallest absolute Gasteiger partial charge is 0.266 e. The number of fused-ring (bicyclic) bond motifs is 1. The summed E-state index contributed by atoms with van der Waals surface area (Å²) < 4.78 is 26.5. The van der Waals surface area contributed by atoms with Gasteiger partial charge in [-0.25, -0.2) is 0 Å². The van der Waals surface area contributed by atoms with E-state index in [-0.39, 0.29) is 5.75 Å². The molecule has 0 aliphatic heterocycles. The largest absolute Gasteiger partial charge is 0.397 e. The molecule has 3 rings (SSSR count). The second-order valence-corrected chi connectivity index (χ2v) is 7.19. The van der Waals surface area contributed by atoms with Gasteiger partial charge < -0.3 is 10.3 Å². The highest BCUT2D eigenvalue weighted by Gasteiger charge is 2.07. The number of aromatic nitrogens is 2. The Morgan fingerprint density at radius 1 is 1.21 bits per heavy atom. The first-order valence-electron chi connectivity index (χ1n) is 7.41. The molecule has 128 valence electrons. The van der Waals surface area contributed by atoms with Crippen molar-refractivity contribution in [3.8, 4) is 11.3 Å². The maximum Gasteiger partial charge on any atom is 0.266 e. The number of hydrogen-bond acceptors (Lipinski definition) is 5. The van der Waals surface area contributed by atoms with Gasteiger partial charge in [0.2, 0.25) is 0 Å². The number of nitrogens with two attached hydrogens (primary N) is 1. The van der Waals surface area contributed by atoms with Gasteiger partial charge in [0.25, 0.3) is 10.1 Å². The third-order valence-corrected chi connectivity index (χ3v) is 4.83. The minimum atomic E-state index is -3.16. The van der Waals surface area contributed by atoms with Crippen LogP contribution in [0.4, 0.5) is 5.69 Å². The lowest BCUT2D eigenvalue weighted by molar-refractivity contribution is 0.399. The lowest BCUT2D eigenvalue weighted by atomic mass is 10.2. The Balaban J connectivity index is 0.000000256. The zero-order valence-electron chi connectivity index (χ0n) is 13.9. The van der Waals surface area contributed by atoms with Crippen LogP contribution in [0.2, 0.25) is 0 Å². The summed E-state index contributed by atoms with van der Waals surface area (Å²) in [4.78, 5) is 4.13. The van der Waals surface area contributed by atoms with Gasteiger partial charge in [0.05, 0.1) is 24.2 Å². The molecule has 0 unspecified atom stereocenters. The molecule has 0 fully saturated rings. The van der Waals surface area contributed by atoms with Crippen LogP contribution in [0.3, 0.4) is 0 Å². The molecule has 2 aromatic heterocycles. The first-order valence-corrected chi connectivity index (χ1v) is 8.99. The number of para-hydroxylation sites is 1. The Morgan fingerprint density at radius 3 is 2.46 bits per heavy atom. The topological polar surface area (TPSA) is 87.2 Å². The van der Waals surface area contributed by atoms with Crippen molar-refractivity contribution in [1.29, 1.82) is 0 Å². The second kappa shape index (κ2) is 7.46. The van der Waals surface area contributed by atoms with E-state index in [0.29, 0.717) is 5.69 Å². The number of nitrogens with zero attached hydrogens (tertiary/aromatic N) is 2. The molecule has 0 aliphatic rings. The van der Waals surface area contributed by atoms with Gasteiger partial charge in [0.1, 0.15) is 0 Å². The predicted octanol–water partition coefficient (Wildman–Crippen LogP) is 2.81. The Bertz CT molecular complexity index is 923. The van der Waals surface area contributed by atoms with E-state index in [9.17, 15) is 8.42 Å². The highest BCUT2D eigenvalue weighted by atomic mass is 32.2. The lowest BCUT2D eigenvalue weighted by Crippen LogP contribution is -2.03. The summed E-state index contributed by atoms with van der Waals surface area (Å²) in [5.74, 6) is 0.0451. The van der Waals surface area contributed by atoms with E-state index < -0.39 is 10.1 Å². The fourth-order valence-corrected chi connectivity index (χ4v) is 2.52. The van der Waals surface area contributed by atoms with E-state index in [1.54, 1.807) is 6.20 Å². The van der Waals surface area contributed by atoms with Crippen LogP contribution in [0.5, 0.6) is 0 Å². The third-order valence-electron chi connectivity index (χ3n) is 3.61. The minimum Gasteiger partial charge on any atom is -0.397 e. The molecule has 6 nitrogen and oxygen atoms in total. The fourth-order valence-electron chi connectivity index (χ4n) is 2.28. The molecule has 1 aromatic carbocycles. The molecule has 3 aromatic rings. The Morgan fingerprint density at radius 2 is 1.92 bits per heavy atom. The summed E-state index contributed by atoms with van der Waals surface area (Å²) in [6.45, 7) is 1.53. The monoisotopic (exact) mass is 347 g/mol. The second-order valence-electron chi connectivity index (χ2n) is 5.17. The summed E-state index contributed by atoms with van der Waals surface area (Å²) in [6.07, 6.45) is 3.50. The van der Waals surface area contributed by atoms with Crippen LogP contribution >= 0.6 is 0 Å². The van der Waals surface area contributed by atoms with Crippen molar-refractivity contribution in [2.24, 2.45) is 7.05 Å². The lowest BCUT2D eigenvalue weighted by Gasteiger charge is -2.04. The summed E-state index contributed by atoms with van der Waals surface area (Å²) in [6, 6.07) is 12.4. The minimum absolute atomic E-state index is 0.0451. The van der Waals surface area contributed by atoms with E-state index in [1.807, 2.05) is 24.4 Å². The zero-order chi connectivity index (χ0) is 17.7. The molecule has 0 saturated heterocycles. The Hall–Kier alpha value is -2.38. The summed E-state index contributed by atoms with van der Waals surface area (Å²) in [5, 5.41) is 1.23. The third kappa shape index (κ3) is 4.12. The van der Waals surface area contributed by atoms with Crippen molar-refractivity contribution in [1.82, 2.24) is 9.55 Å². The number of aryl methyl sites for hydroxylation is 1. The molecule has 2 N–H and O–H groups in total. The number of pyridine rings is 1. The maximum atomic E-state index is 10.1. The summed E-state index contributed by atoms with van der Waals surface area (Å²) in [7, 11) is 0.0506. The predicted molar refractivity (Wildman–Crippen MR) is 97.0 cm³/mol. The highest BCUT2D eigenvalue weighted by Crippen LogP contribution is 2.27. The van der Waals surface area contributed by atoms with Crippen molar-refractivity contribution in [3.05, 3.63) is 48.8 Å². The van der Waals surface area contributed by atoms with Crippen LogP contribution in [0.25, 0.3) is 22.2 Å². The zero-order valence-corrected chi connectivity index (χ0v) is 14.7. The first-order chi connectivity index (χ1) is 11.4. The highest BCUT2D eigenvalue weighted by molar-refractivity contribution is 7.86. The summed E-state index contributed by atoms with van der Waals surface area (Å²) in [5.41, 5.74) is 9.84. The standard InChI is InChI=1S/C14H13N3.C3H8O3S/c1-17-13-5-3-2-4-10(13)7-14(17)11-6-12(15)9-16-8-11;1-3-7(4,5)6-2/h2-9H,15H2,1H3;3H2,1-2H3. The van der Waals surface area contributed by atoms with Gasteiger partial charge in [0, 0.05) is 35.9 Å². The molecule has 0 amide bonds.